The number of amides is 1. The number of sulfonamides is 1. The Labute approximate surface area is 161 Å². The maximum atomic E-state index is 12.9. The molecule has 0 aliphatic carbocycles. The number of hydrogen-bond donors (Lipinski definition) is 1. The average Bonchev–Trinajstić information content (AvgIpc) is 2.62. The van der Waals surface area contributed by atoms with Gasteiger partial charge in [0, 0.05) is 28.8 Å². The third-order valence-electron chi connectivity index (χ3n) is 4.06. The standard InChI is InChI=1S/C18H19BrN2O4S/c1-13-3-2-4-15(11-13)20-18(22)14-5-6-16(19)17(12-14)26(23,24)21-7-9-25-10-8-21/h2-6,11-12H,7-10H2,1H3,(H,20,22). The molecule has 0 unspecified atom stereocenters. The third kappa shape index (κ3) is 4.15. The van der Waals surface area contributed by atoms with Crippen molar-refractivity contribution in [3.8, 4) is 0 Å². The van der Waals surface area contributed by atoms with Crippen LogP contribution in [-0.4, -0.2) is 44.9 Å². The summed E-state index contributed by atoms with van der Waals surface area (Å²) in [5.41, 5.74) is 1.96. The molecule has 0 saturated carbocycles. The summed E-state index contributed by atoms with van der Waals surface area (Å²) in [6.07, 6.45) is 0. The van der Waals surface area contributed by atoms with E-state index in [9.17, 15) is 13.2 Å². The van der Waals surface area contributed by atoms with Crippen molar-refractivity contribution in [2.75, 3.05) is 31.6 Å². The molecule has 1 amide bonds. The number of nitrogens with one attached hydrogen (secondary N) is 1. The highest BCUT2D eigenvalue weighted by atomic mass is 79.9. The van der Waals surface area contributed by atoms with Crippen molar-refractivity contribution >= 4 is 37.5 Å². The van der Waals surface area contributed by atoms with Crippen molar-refractivity contribution in [1.29, 1.82) is 0 Å². The molecule has 1 aliphatic heterocycles. The van der Waals surface area contributed by atoms with Crippen LogP contribution < -0.4 is 5.32 Å². The number of nitrogens with zero attached hydrogens (tertiary/aromatic N) is 1. The predicted molar refractivity (Wildman–Crippen MR) is 103 cm³/mol. The first-order valence-corrected chi connectivity index (χ1v) is 10.4. The Morgan fingerprint density at radius 2 is 1.88 bits per heavy atom. The number of hydrogen-bond acceptors (Lipinski definition) is 4. The normalized spacial score (nSPS) is 15.6. The molecule has 2 aromatic rings. The van der Waals surface area contributed by atoms with Crippen LogP contribution in [0, 0.1) is 6.92 Å². The van der Waals surface area contributed by atoms with Crippen LogP contribution in [-0.2, 0) is 14.8 Å². The minimum absolute atomic E-state index is 0.0799. The first-order chi connectivity index (χ1) is 12.4. The van der Waals surface area contributed by atoms with Crippen molar-refractivity contribution in [2.45, 2.75) is 11.8 Å². The maximum absolute atomic E-state index is 12.9. The zero-order chi connectivity index (χ0) is 18.7. The van der Waals surface area contributed by atoms with Crippen LogP contribution in [0.2, 0.25) is 0 Å². The van der Waals surface area contributed by atoms with E-state index >= 15 is 0 Å². The fourth-order valence-corrected chi connectivity index (χ4v) is 5.05. The SMILES string of the molecule is Cc1cccc(NC(=O)c2ccc(Br)c(S(=O)(=O)N3CCOCC3)c2)c1. The van der Waals surface area contributed by atoms with E-state index in [0.29, 0.717) is 36.5 Å². The summed E-state index contributed by atoms with van der Waals surface area (Å²) >= 11 is 3.29. The highest BCUT2D eigenvalue weighted by Crippen LogP contribution is 2.27. The number of carbonyl (C=O) groups is 1. The van der Waals surface area contributed by atoms with Gasteiger partial charge in [-0.25, -0.2) is 8.42 Å². The van der Waals surface area contributed by atoms with E-state index in [1.54, 1.807) is 18.2 Å². The quantitative estimate of drug-likeness (QED) is 0.795. The van der Waals surface area contributed by atoms with Crippen LogP contribution >= 0.6 is 15.9 Å². The van der Waals surface area contributed by atoms with Gasteiger partial charge in [-0.2, -0.15) is 4.31 Å². The van der Waals surface area contributed by atoms with Crippen LogP contribution in [0.3, 0.4) is 0 Å². The summed E-state index contributed by atoms with van der Waals surface area (Å²) in [4.78, 5) is 12.6. The van der Waals surface area contributed by atoms with Crippen molar-refractivity contribution in [3.05, 3.63) is 58.1 Å². The van der Waals surface area contributed by atoms with Gasteiger partial charge in [0.1, 0.15) is 0 Å². The van der Waals surface area contributed by atoms with Crippen LogP contribution in [0.5, 0.6) is 0 Å². The smallest absolute Gasteiger partial charge is 0.255 e. The number of aryl methyl sites for hydroxylation is 1. The van der Waals surface area contributed by atoms with Gasteiger partial charge >= 0.3 is 0 Å². The molecule has 0 bridgehead atoms. The second kappa shape index (κ2) is 7.87. The lowest BCUT2D eigenvalue weighted by atomic mass is 10.2. The number of morpholine rings is 1. The second-order valence-electron chi connectivity index (χ2n) is 5.99. The molecule has 8 heteroatoms. The van der Waals surface area contributed by atoms with Crippen LogP contribution in [0.15, 0.2) is 51.8 Å². The first-order valence-electron chi connectivity index (χ1n) is 8.13. The van der Waals surface area contributed by atoms with Gasteiger partial charge in [-0.05, 0) is 58.7 Å². The number of carbonyl (C=O) groups excluding carboxylic acids is 1. The van der Waals surface area contributed by atoms with Crippen LogP contribution in [0.1, 0.15) is 15.9 Å². The Hall–Kier alpha value is -1.74. The van der Waals surface area contributed by atoms with E-state index in [1.807, 2.05) is 25.1 Å². The molecule has 0 spiro atoms. The van der Waals surface area contributed by atoms with Gasteiger partial charge < -0.3 is 10.1 Å². The van der Waals surface area contributed by atoms with E-state index in [1.165, 1.54) is 10.4 Å². The third-order valence-corrected chi connectivity index (χ3v) is 6.95. The number of ether oxygens (including phenoxy) is 1. The van der Waals surface area contributed by atoms with Crippen molar-refractivity contribution in [2.24, 2.45) is 0 Å². The molecule has 1 heterocycles. The van der Waals surface area contributed by atoms with Gasteiger partial charge in [0.25, 0.3) is 5.91 Å². The number of rotatable bonds is 4. The lowest BCUT2D eigenvalue weighted by molar-refractivity contribution is 0.0730. The van der Waals surface area contributed by atoms with Crippen molar-refractivity contribution in [1.82, 2.24) is 4.31 Å². The zero-order valence-electron chi connectivity index (χ0n) is 14.2. The lowest BCUT2D eigenvalue weighted by Crippen LogP contribution is -2.40. The Kier molecular flexibility index (Phi) is 5.76. The van der Waals surface area contributed by atoms with E-state index in [-0.39, 0.29) is 16.4 Å². The summed E-state index contributed by atoms with van der Waals surface area (Å²) in [5, 5.41) is 2.79. The molecule has 2 aromatic carbocycles. The Morgan fingerprint density at radius 3 is 2.58 bits per heavy atom. The predicted octanol–water partition coefficient (Wildman–Crippen LogP) is 3.03. The highest BCUT2D eigenvalue weighted by Gasteiger charge is 2.29. The van der Waals surface area contributed by atoms with E-state index in [2.05, 4.69) is 21.2 Å². The fraction of sp³-hybridized carbons (Fsp3) is 0.278. The number of halogens is 1. The van der Waals surface area contributed by atoms with Crippen molar-refractivity contribution in [3.63, 3.8) is 0 Å². The highest BCUT2D eigenvalue weighted by molar-refractivity contribution is 9.10. The zero-order valence-corrected chi connectivity index (χ0v) is 16.6. The van der Waals surface area contributed by atoms with E-state index < -0.39 is 10.0 Å². The van der Waals surface area contributed by atoms with Gasteiger partial charge in [0.2, 0.25) is 10.0 Å². The number of anilines is 1. The molecule has 0 atom stereocenters. The molecule has 1 aliphatic rings. The van der Waals surface area contributed by atoms with Crippen LogP contribution in [0.4, 0.5) is 5.69 Å². The summed E-state index contributed by atoms with van der Waals surface area (Å²) in [6.45, 7) is 3.26. The molecule has 3 rings (SSSR count). The van der Waals surface area contributed by atoms with Crippen molar-refractivity contribution < 1.29 is 17.9 Å². The van der Waals surface area contributed by atoms with Crippen LogP contribution in [0.25, 0.3) is 0 Å². The molecular formula is C18H19BrN2O4S. The summed E-state index contributed by atoms with van der Waals surface area (Å²) < 4.78 is 32.8. The molecule has 6 nitrogen and oxygen atoms in total. The molecular weight excluding hydrogens is 420 g/mol. The largest absolute Gasteiger partial charge is 0.379 e. The minimum Gasteiger partial charge on any atom is -0.379 e. The summed E-state index contributed by atoms with van der Waals surface area (Å²) in [5.74, 6) is -0.360. The molecule has 1 saturated heterocycles. The van der Waals surface area contributed by atoms with Gasteiger partial charge in [-0.3, -0.25) is 4.79 Å². The maximum Gasteiger partial charge on any atom is 0.255 e. The van der Waals surface area contributed by atoms with Gasteiger partial charge in [0.15, 0.2) is 0 Å². The topological polar surface area (TPSA) is 75.7 Å². The van der Waals surface area contributed by atoms with Gasteiger partial charge in [-0.1, -0.05) is 12.1 Å². The number of benzene rings is 2. The Balaban J connectivity index is 1.88. The monoisotopic (exact) mass is 438 g/mol. The van der Waals surface area contributed by atoms with Gasteiger partial charge in [0.05, 0.1) is 18.1 Å². The lowest BCUT2D eigenvalue weighted by Gasteiger charge is -2.26. The fourth-order valence-electron chi connectivity index (χ4n) is 2.69. The summed E-state index contributed by atoms with van der Waals surface area (Å²) in [7, 11) is -3.70. The first kappa shape index (κ1) is 19.0. The van der Waals surface area contributed by atoms with E-state index in [4.69, 9.17) is 4.74 Å². The summed E-state index contributed by atoms with van der Waals surface area (Å²) in [6, 6.07) is 12.0. The molecule has 1 fully saturated rings. The molecule has 26 heavy (non-hydrogen) atoms. The molecule has 0 radical (unpaired) electrons. The molecule has 138 valence electrons. The molecule has 1 N–H and O–H groups in total. The second-order valence-corrected chi connectivity index (χ2v) is 8.75. The molecule has 0 aromatic heterocycles. The Morgan fingerprint density at radius 1 is 1.15 bits per heavy atom. The van der Waals surface area contributed by atoms with E-state index in [0.717, 1.165) is 5.56 Å². The average molecular weight is 439 g/mol. The van der Waals surface area contributed by atoms with Gasteiger partial charge in [-0.15, -0.1) is 0 Å². The Bertz CT molecular complexity index is 925. The minimum atomic E-state index is -3.70.